The van der Waals surface area contributed by atoms with Crippen LogP contribution in [0.1, 0.15) is 13.3 Å². The van der Waals surface area contributed by atoms with Crippen LogP contribution in [0.15, 0.2) is 0 Å². The van der Waals surface area contributed by atoms with E-state index in [-0.39, 0.29) is 31.5 Å². The van der Waals surface area contributed by atoms with E-state index in [1.807, 2.05) is 0 Å². The van der Waals surface area contributed by atoms with Gasteiger partial charge >= 0.3 is 0 Å². The van der Waals surface area contributed by atoms with E-state index in [2.05, 4.69) is 5.32 Å². The molecular weight excluding hydrogens is 160 g/mol. The molecule has 0 spiro atoms. The second-order valence-electron chi connectivity index (χ2n) is 2.82. The van der Waals surface area contributed by atoms with Crippen LogP contribution in [-0.2, 0) is 4.79 Å². The van der Waals surface area contributed by atoms with E-state index in [4.69, 9.17) is 15.9 Å². The molecule has 0 aromatic rings. The normalized spacial score (nSPS) is 15.6. The first-order valence-corrected chi connectivity index (χ1v) is 3.87. The monoisotopic (exact) mass is 176 g/mol. The first-order valence-electron chi connectivity index (χ1n) is 3.87. The number of aliphatic hydroxyl groups is 2. The van der Waals surface area contributed by atoms with Crippen LogP contribution in [0.2, 0.25) is 0 Å². The van der Waals surface area contributed by atoms with Gasteiger partial charge in [-0.15, -0.1) is 0 Å². The number of carbonyl (C=O) groups is 1. The Bertz CT molecular complexity index is 141. The van der Waals surface area contributed by atoms with Crippen LogP contribution in [0.25, 0.3) is 0 Å². The molecule has 0 aromatic heterocycles. The highest BCUT2D eigenvalue weighted by atomic mass is 16.3. The second kappa shape index (κ2) is 5.93. The SMILES string of the molecule is CC(CC(N)=O)NCC(O)CO. The first kappa shape index (κ1) is 11.4. The highest BCUT2D eigenvalue weighted by Crippen LogP contribution is 1.89. The predicted molar refractivity (Wildman–Crippen MR) is 44.4 cm³/mol. The zero-order chi connectivity index (χ0) is 9.56. The van der Waals surface area contributed by atoms with Crippen molar-refractivity contribution < 1.29 is 15.0 Å². The molecule has 0 saturated heterocycles. The molecule has 5 N–H and O–H groups in total. The number of nitrogens with one attached hydrogen (secondary N) is 1. The van der Waals surface area contributed by atoms with E-state index in [0.717, 1.165) is 0 Å². The van der Waals surface area contributed by atoms with Gasteiger partial charge in [-0.25, -0.2) is 0 Å². The smallest absolute Gasteiger partial charge is 0.218 e. The van der Waals surface area contributed by atoms with Crippen LogP contribution in [0.4, 0.5) is 0 Å². The fourth-order valence-electron chi connectivity index (χ4n) is 0.776. The third-order valence-electron chi connectivity index (χ3n) is 1.42. The van der Waals surface area contributed by atoms with Gasteiger partial charge in [0.15, 0.2) is 0 Å². The maximum Gasteiger partial charge on any atom is 0.218 e. The lowest BCUT2D eigenvalue weighted by atomic mass is 10.2. The molecule has 5 nitrogen and oxygen atoms in total. The average molecular weight is 176 g/mol. The van der Waals surface area contributed by atoms with E-state index >= 15 is 0 Å². The number of nitrogens with two attached hydrogens (primary N) is 1. The van der Waals surface area contributed by atoms with Gasteiger partial charge in [0.25, 0.3) is 0 Å². The maximum absolute atomic E-state index is 10.4. The minimum absolute atomic E-state index is 0.0660. The topological polar surface area (TPSA) is 95.6 Å². The van der Waals surface area contributed by atoms with Crippen molar-refractivity contribution in [2.75, 3.05) is 13.2 Å². The van der Waals surface area contributed by atoms with Crippen molar-refractivity contribution in [3.8, 4) is 0 Å². The maximum atomic E-state index is 10.4. The molecule has 0 bridgehead atoms. The molecular formula is C7H16N2O3. The van der Waals surface area contributed by atoms with Gasteiger partial charge in [0.1, 0.15) is 0 Å². The summed E-state index contributed by atoms with van der Waals surface area (Å²) in [6, 6.07) is -0.0660. The van der Waals surface area contributed by atoms with Crippen LogP contribution >= 0.6 is 0 Å². The zero-order valence-corrected chi connectivity index (χ0v) is 7.16. The minimum Gasteiger partial charge on any atom is -0.394 e. The number of carbonyl (C=O) groups excluding carboxylic acids is 1. The Kier molecular flexibility index (Phi) is 5.61. The molecule has 0 radical (unpaired) electrons. The van der Waals surface area contributed by atoms with Gasteiger partial charge in [-0.2, -0.15) is 0 Å². The van der Waals surface area contributed by atoms with Crippen LogP contribution in [-0.4, -0.2) is 41.4 Å². The van der Waals surface area contributed by atoms with Crippen molar-refractivity contribution in [3.63, 3.8) is 0 Å². The van der Waals surface area contributed by atoms with E-state index < -0.39 is 6.10 Å². The van der Waals surface area contributed by atoms with Gasteiger partial charge < -0.3 is 21.3 Å². The van der Waals surface area contributed by atoms with Crippen LogP contribution < -0.4 is 11.1 Å². The van der Waals surface area contributed by atoms with Gasteiger partial charge in [-0.1, -0.05) is 0 Å². The van der Waals surface area contributed by atoms with Gasteiger partial charge in [-0.05, 0) is 6.92 Å². The Labute approximate surface area is 71.6 Å². The minimum atomic E-state index is -0.777. The summed E-state index contributed by atoms with van der Waals surface area (Å²) in [5, 5.41) is 20.2. The third kappa shape index (κ3) is 6.09. The van der Waals surface area contributed by atoms with E-state index in [0.29, 0.717) is 0 Å². The summed E-state index contributed by atoms with van der Waals surface area (Å²) in [5.41, 5.74) is 4.94. The van der Waals surface area contributed by atoms with Gasteiger partial charge in [0, 0.05) is 19.0 Å². The quantitative estimate of drug-likeness (QED) is 0.383. The Balaban J connectivity index is 3.43. The second-order valence-corrected chi connectivity index (χ2v) is 2.82. The summed E-state index contributed by atoms with van der Waals surface area (Å²) in [5.74, 6) is -0.381. The van der Waals surface area contributed by atoms with Crippen molar-refractivity contribution in [3.05, 3.63) is 0 Å². The molecule has 5 heteroatoms. The fourth-order valence-corrected chi connectivity index (χ4v) is 0.776. The standard InChI is InChI=1S/C7H16N2O3/c1-5(2-7(8)12)9-3-6(11)4-10/h5-6,9-11H,2-4H2,1H3,(H2,8,12). The Morgan fingerprint density at radius 3 is 2.67 bits per heavy atom. The predicted octanol–water partition coefficient (Wildman–Crippen LogP) is -1.81. The number of rotatable bonds is 6. The molecule has 0 heterocycles. The molecule has 2 atom stereocenters. The number of hydrogen-bond acceptors (Lipinski definition) is 4. The summed E-state index contributed by atoms with van der Waals surface area (Å²) in [7, 11) is 0. The first-order chi connectivity index (χ1) is 5.56. The lowest BCUT2D eigenvalue weighted by Gasteiger charge is -2.13. The number of hydrogen-bond donors (Lipinski definition) is 4. The third-order valence-corrected chi connectivity index (χ3v) is 1.42. The summed E-state index contributed by atoms with van der Waals surface area (Å²) < 4.78 is 0. The van der Waals surface area contributed by atoms with Crippen molar-refractivity contribution in [2.45, 2.75) is 25.5 Å². The van der Waals surface area contributed by atoms with Gasteiger partial charge in [-0.3, -0.25) is 4.79 Å². The highest BCUT2D eigenvalue weighted by Gasteiger charge is 2.07. The molecule has 0 rings (SSSR count). The van der Waals surface area contributed by atoms with Crippen molar-refractivity contribution in [2.24, 2.45) is 5.73 Å². The Morgan fingerprint density at radius 1 is 1.67 bits per heavy atom. The molecule has 72 valence electrons. The number of amides is 1. The van der Waals surface area contributed by atoms with Gasteiger partial charge in [0.05, 0.1) is 12.7 Å². The number of aliphatic hydroxyl groups excluding tert-OH is 2. The van der Waals surface area contributed by atoms with Crippen molar-refractivity contribution in [1.82, 2.24) is 5.32 Å². The molecule has 0 fully saturated rings. The van der Waals surface area contributed by atoms with Crippen molar-refractivity contribution >= 4 is 5.91 Å². The molecule has 12 heavy (non-hydrogen) atoms. The van der Waals surface area contributed by atoms with Gasteiger partial charge in [0.2, 0.25) is 5.91 Å². The number of primary amides is 1. The summed E-state index contributed by atoms with van der Waals surface area (Å²) >= 11 is 0. The summed E-state index contributed by atoms with van der Waals surface area (Å²) in [6.07, 6.45) is -0.543. The van der Waals surface area contributed by atoms with Crippen LogP contribution in [0, 0.1) is 0 Å². The molecule has 0 aliphatic rings. The summed E-state index contributed by atoms with van der Waals surface area (Å²) in [6.45, 7) is 1.77. The summed E-state index contributed by atoms with van der Waals surface area (Å²) in [4.78, 5) is 10.4. The zero-order valence-electron chi connectivity index (χ0n) is 7.16. The average Bonchev–Trinajstić information content (AvgIpc) is 1.99. The van der Waals surface area contributed by atoms with E-state index in [1.165, 1.54) is 0 Å². The molecule has 2 unspecified atom stereocenters. The lowest BCUT2D eigenvalue weighted by Crippen LogP contribution is -2.37. The molecule has 0 aliphatic heterocycles. The Hall–Kier alpha value is -0.650. The van der Waals surface area contributed by atoms with E-state index in [9.17, 15) is 4.79 Å². The highest BCUT2D eigenvalue weighted by molar-refractivity contribution is 5.74. The van der Waals surface area contributed by atoms with Crippen LogP contribution in [0.5, 0.6) is 0 Å². The van der Waals surface area contributed by atoms with Crippen LogP contribution in [0.3, 0.4) is 0 Å². The molecule has 0 saturated carbocycles. The molecule has 1 amide bonds. The van der Waals surface area contributed by atoms with Crippen molar-refractivity contribution in [1.29, 1.82) is 0 Å². The Morgan fingerprint density at radius 2 is 2.25 bits per heavy atom. The molecule has 0 aromatic carbocycles. The molecule has 0 aliphatic carbocycles. The largest absolute Gasteiger partial charge is 0.394 e. The fraction of sp³-hybridized carbons (Fsp3) is 0.857. The van der Waals surface area contributed by atoms with E-state index in [1.54, 1.807) is 6.92 Å². The lowest BCUT2D eigenvalue weighted by molar-refractivity contribution is -0.118.